The SMILES string of the molecule is COc1cc(Br)cc(Br)c1OCC(=O)N/N=C\c1ccc(-c2ccc(Cl)cc2Cl)o1. The number of halogens is 4. The maximum absolute atomic E-state index is 12.0. The molecule has 30 heavy (non-hydrogen) atoms. The van der Waals surface area contributed by atoms with Gasteiger partial charge in [0.1, 0.15) is 11.5 Å². The Hall–Kier alpha value is -2.00. The van der Waals surface area contributed by atoms with Gasteiger partial charge in [0.25, 0.3) is 5.91 Å². The molecule has 0 bridgehead atoms. The fourth-order valence-electron chi connectivity index (χ4n) is 2.42. The van der Waals surface area contributed by atoms with Gasteiger partial charge in [-0.3, -0.25) is 4.79 Å². The molecule has 0 radical (unpaired) electrons. The zero-order valence-corrected chi connectivity index (χ0v) is 20.1. The first-order valence-corrected chi connectivity index (χ1v) is 10.7. The molecule has 1 N–H and O–H groups in total. The van der Waals surface area contributed by atoms with Crippen LogP contribution in [0.15, 0.2) is 60.9 Å². The predicted molar refractivity (Wildman–Crippen MR) is 124 cm³/mol. The van der Waals surface area contributed by atoms with Crippen LogP contribution in [0.3, 0.4) is 0 Å². The normalized spacial score (nSPS) is 11.0. The van der Waals surface area contributed by atoms with Gasteiger partial charge in [-0.1, -0.05) is 39.1 Å². The van der Waals surface area contributed by atoms with Crippen LogP contribution >= 0.6 is 55.1 Å². The van der Waals surface area contributed by atoms with Crippen LogP contribution in [0.2, 0.25) is 10.0 Å². The van der Waals surface area contributed by atoms with Crippen molar-refractivity contribution in [1.29, 1.82) is 0 Å². The van der Waals surface area contributed by atoms with Crippen LogP contribution in [0, 0.1) is 0 Å². The Labute approximate surface area is 199 Å². The highest BCUT2D eigenvalue weighted by atomic mass is 79.9. The molecule has 10 heteroatoms. The fourth-order valence-corrected chi connectivity index (χ4v) is 4.22. The van der Waals surface area contributed by atoms with Gasteiger partial charge in [-0.25, -0.2) is 5.43 Å². The van der Waals surface area contributed by atoms with Crippen molar-refractivity contribution in [3.8, 4) is 22.8 Å². The molecule has 3 rings (SSSR count). The summed E-state index contributed by atoms with van der Waals surface area (Å²) in [5.74, 6) is 1.44. The van der Waals surface area contributed by atoms with Crippen LogP contribution in [-0.2, 0) is 4.79 Å². The number of rotatable bonds is 7. The number of methoxy groups -OCH3 is 1. The van der Waals surface area contributed by atoms with Crippen molar-refractivity contribution < 1.29 is 18.7 Å². The van der Waals surface area contributed by atoms with Crippen LogP contribution in [0.25, 0.3) is 11.3 Å². The minimum absolute atomic E-state index is 0.252. The first kappa shape index (κ1) is 22.7. The second kappa shape index (κ2) is 10.3. The first-order valence-electron chi connectivity index (χ1n) is 8.40. The Kier molecular flexibility index (Phi) is 7.82. The predicted octanol–water partition coefficient (Wildman–Crippen LogP) is 6.32. The second-order valence-corrected chi connectivity index (χ2v) is 8.44. The molecule has 0 aliphatic rings. The molecule has 1 aromatic heterocycles. The van der Waals surface area contributed by atoms with Gasteiger partial charge in [-0.05, 0) is 58.4 Å². The third-order valence-corrected chi connectivity index (χ3v) is 5.34. The molecule has 0 saturated heterocycles. The Bertz CT molecular complexity index is 1100. The van der Waals surface area contributed by atoms with Crippen LogP contribution in [0.4, 0.5) is 0 Å². The van der Waals surface area contributed by atoms with E-state index in [1.807, 2.05) is 0 Å². The number of hydrogen-bond acceptors (Lipinski definition) is 5. The number of carbonyl (C=O) groups excluding carboxylic acids is 1. The van der Waals surface area contributed by atoms with E-state index >= 15 is 0 Å². The molecule has 0 unspecified atom stereocenters. The van der Waals surface area contributed by atoms with Gasteiger partial charge in [-0.2, -0.15) is 5.10 Å². The highest BCUT2D eigenvalue weighted by Crippen LogP contribution is 2.38. The van der Waals surface area contributed by atoms with Crippen molar-refractivity contribution in [2.45, 2.75) is 0 Å². The summed E-state index contributed by atoms with van der Waals surface area (Å²) in [5.41, 5.74) is 3.08. The minimum Gasteiger partial charge on any atom is -0.493 e. The van der Waals surface area contributed by atoms with Crippen molar-refractivity contribution in [3.63, 3.8) is 0 Å². The van der Waals surface area contributed by atoms with E-state index in [9.17, 15) is 4.79 Å². The number of furan rings is 1. The topological polar surface area (TPSA) is 73.1 Å². The highest BCUT2D eigenvalue weighted by molar-refractivity contribution is 9.11. The maximum atomic E-state index is 12.0. The van der Waals surface area contributed by atoms with E-state index < -0.39 is 5.91 Å². The molecular formula is C20H14Br2Cl2N2O4. The van der Waals surface area contributed by atoms with Gasteiger partial charge in [0.2, 0.25) is 0 Å². The Morgan fingerprint density at radius 1 is 1.20 bits per heavy atom. The lowest BCUT2D eigenvalue weighted by Crippen LogP contribution is -2.24. The largest absolute Gasteiger partial charge is 0.493 e. The third-order valence-electron chi connectivity index (χ3n) is 3.75. The van der Waals surface area contributed by atoms with Crippen LogP contribution in [-0.4, -0.2) is 25.8 Å². The van der Waals surface area contributed by atoms with Gasteiger partial charge in [0, 0.05) is 15.1 Å². The highest BCUT2D eigenvalue weighted by Gasteiger charge is 2.13. The molecule has 0 atom stereocenters. The van der Waals surface area contributed by atoms with Crippen molar-refractivity contribution in [2.24, 2.45) is 5.10 Å². The van der Waals surface area contributed by atoms with Crippen LogP contribution in [0.1, 0.15) is 5.76 Å². The van der Waals surface area contributed by atoms with E-state index in [4.69, 9.17) is 37.1 Å². The second-order valence-electron chi connectivity index (χ2n) is 5.83. The van der Waals surface area contributed by atoms with Gasteiger partial charge < -0.3 is 13.9 Å². The van der Waals surface area contributed by atoms with E-state index in [0.717, 1.165) is 4.47 Å². The first-order chi connectivity index (χ1) is 14.4. The number of hydrogen-bond donors (Lipinski definition) is 1. The van der Waals surface area contributed by atoms with Crippen molar-refractivity contribution >= 4 is 67.2 Å². The summed E-state index contributed by atoms with van der Waals surface area (Å²) in [7, 11) is 1.51. The molecule has 0 aliphatic heterocycles. The summed E-state index contributed by atoms with van der Waals surface area (Å²) in [5, 5.41) is 4.88. The van der Waals surface area contributed by atoms with Gasteiger partial charge in [0.05, 0.1) is 22.8 Å². The molecule has 2 aromatic carbocycles. The van der Waals surface area contributed by atoms with Crippen molar-refractivity contribution in [3.05, 3.63) is 67.2 Å². The molecule has 0 fully saturated rings. The lowest BCUT2D eigenvalue weighted by Gasteiger charge is -2.12. The number of nitrogens with one attached hydrogen (secondary N) is 1. The van der Waals surface area contributed by atoms with Gasteiger partial charge in [0.15, 0.2) is 18.1 Å². The molecule has 156 valence electrons. The van der Waals surface area contributed by atoms with Crippen LogP contribution in [0.5, 0.6) is 11.5 Å². The summed E-state index contributed by atoms with van der Waals surface area (Å²) < 4.78 is 17.9. The monoisotopic (exact) mass is 574 g/mol. The summed E-state index contributed by atoms with van der Waals surface area (Å²) >= 11 is 18.8. The Morgan fingerprint density at radius 2 is 2.00 bits per heavy atom. The fraction of sp³-hybridized carbons (Fsp3) is 0.100. The van der Waals surface area contributed by atoms with E-state index in [-0.39, 0.29) is 6.61 Å². The minimum atomic E-state index is -0.448. The van der Waals surface area contributed by atoms with Crippen molar-refractivity contribution in [1.82, 2.24) is 5.43 Å². The molecular weight excluding hydrogens is 563 g/mol. The number of carbonyl (C=O) groups is 1. The lowest BCUT2D eigenvalue weighted by molar-refractivity contribution is -0.123. The van der Waals surface area contributed by atoms with Crippen LogP contribution < -0.4 is 14.9 Å². The number of benzene rings is 2. The maximum Gasteiger partial charge on any atom is 0.277 e. The Balaban J connectivity index is 1.57. The molecule has 0 saturated carbocycles. The molecule has 1 amide bonds. The zero-order valence-electron chi connectivity index (χ0n) is 15.4. The van der Waals surface area contributed by atoms with Crippen molar-refractivity contribution in [2.75, 3.05) is 13.7 Å². The number of amides is 1. The van der Waals surface area contributed by atoms with Gasteiger partial charge in [-0.15, -0.1) is 0 Å². The quantitative estimate of drug-likeness (QED) is 0.264. The standard InChI is InChI=1S/C20H14Br2Cl2N2O4/c1-28-18-7-11(21)6-15(22)20(18)29-10-19(27)26-25-9-13-3-5-17(30-13)14-4-2-12(23)8-16(14)24/h2-9H,10H2,1H3,(H,26,27)/b25-9-. The average Bonchev–Trinajstić information content (AvgIpc) is 3.15. The van der Waals surface area contributed by atoms with E-state index in [1.165, 1.54) is 13.3 Å². The Morgan fingerprint density at radius 3 is 2.73 bits per heavy atom. The smallest absolute Gasteiger partial charge is 0.277 e. The van der Waals surface area contributed by atoms with E-state index in [2.05, 4.69) is 42.4 Å². The zero-order chi connectivity index (χ0) is 21.7. The summed E-state index contributed by atoms with van der Waals surface area (Å²) in [6, 6.07) is 12.1. The van der Waals surface area contributed by atoms with E-state index in [0.29, 0.717) is 43.1 Å². The molecule has 0 aliphatic carbocycles. The number of hydrazone groups is 1. The summed E-state index contributed by atoms with van der Waals surface area (Å²) in [6.07, 6.45) is 1.38. The number of nitrogens with zero attached hydrogens (tertiary/aromatic N) is 1. The average molecular weight is 577 g/mol. The molecule has 6 nitrogen and oxygen atoms in total. The molecule has 0 spiro atoms. The van der Waals surface area contributed by atoms with Gasteiger partial charge >= 0.3 is 0 Å². The van der Waals surface area contributed by atoms with E-state index in [1.54, 1.807) is 42.5 Å². The summed E-state index contributed by atoms with van der Waals surface area (Å²) in [6.45, 7) is -0.252. The number of ether oxygens (including phenoxy) is 2. The lowest BCUT2D eigenvalue weighted by atomic mass is 10.2. The summed E-state index contributed by atoms with van der Waals surface area (Å²) in [4.78, 5) is 12.0. The molecule has 1 heterocycles. The third kappa shape index (κ3) is 5.78. The molecule has 3 aromatic rings.